The number of sulfonamides is 1. The molecule has 0 atom stereocenters. The molecular formula is C18H28N2O4S. The van der Waals surface area contributed by atoms with Crippen molar-refractivity contribution < 1.29 is 17.9 Å². The minimum Gasteiger partial charge on any atom is -0.444 e. The number of carbonyl (C=O) groups is 1. The van der Waals surface area contributed by atoms with Crippen LogP contribution in [0, 0.1) is 6.92 Å². The van der Waals surface area contributed by atoms with Gasteiger partial charge in [-0.05, 0) is 46.1 Å². The van der Waals surface area contributed by atoms with Crippen LogP contribution in [-0.2, 0) is 20.5 Å². The average molecular weight is 368 g/mol. The van der Waals surface area contributed by atoms with Gasteiger partial charge >= 0.3 is 6.09 Å². The van der Waals surface area contributed by atoms with Crippen LogP contribution in [0.25, 0.3) is 0 Å². The maximum atomic E-state index is 12.6. The van der Waals surface area contributed by atoms with E-state index in [0.29, 0.717) is 25.9 Å². The van der Waals surface area contributed by atoms with Crippen LogP contribution in [0.1, 0.15) is 44.7 Å². The molecular weight excluding hydrogens is 340 g/mol. The first kappa shape index (κ1) is 19.7. The first-order valence-electron chi connectivity index (χ1n) is 8.58. The second-order valence-corrected chi connectivity index (χ2v) is 9.53. The van der Waals surface area contributed by atoms with Gasteiger partial charge in [-0.25, -0.2) is 17.5 Å². The zero-order valence-electron chi connectivity index (χ0n) is 15.4. The Labute approximate surface area is 150 Å². The highest BCUT2D eigenvalue weighted by atomic mass is 32.2. The number of alkyl carbamates (subject to hydrolysis) is 1. The Morgan fingerprint density at radius 1 is 1.20 bits per heavy atom. The minimum atomic E-state index is -3.34. The lowest BCUT2D eigenvalue weighted by molar-refractivity contribution is 0.0489. The van der Waals surface area contributed by atoms with Gasteiger partial charge in [-0.3, -0.25) is 0 Å². The summed E-state index contributed by atoms with van der Waals surface area (Å²) >= 11 is 0. The highest BCUT2D eigenvalue weighted by Gasteiger charge is 2.29. The van der Waals surface area contributed by atoms with Gasteiger partial charge in [0.2, 0.25) is 10.0 Å². The van der Waals surface area contributed by atoms with Crippen LogP contribution in [0.4, 0.5) is 4.79 Å². The molecule has 6 nitrogen and oxygen atoms in total. The van der Waals surface area contributed by atoms with Crippen LogP contribution in [-0.4, -0.2) is 43.5 Å². The smallest absolute Gasteiger partial charge is 0.407 e. The molecule has 1 heterocycles. The van der Waals surface area contributed by atoms with Crippen molar-refractivity contribution in [1.29, 1.82) is 0 Å². The van der Waals surface area contributed by atoms with E-state index in [9.17, 15) is 13.2 Å². The summed E-state index contributed by atoms with van der Waals surface area (Å²) in [5.41, 5.74) is 1.36. The third-order valence-electron chi connectivity index (χ3n) is 4.04. The number of nitrogens with one attached hydrogen (secondary N) is 1. The van der Waals surface area contributed by atoms with Gasteiger partial charge in [0.05, 0.1) is 5.75 Å². The number of piperidine rings is 1. The molecule has 7 heteroatoms. The summed E-state index contributed by atoms with van der Waals surface area (Å²) < 4.78 is 31.9. The lowest BCUT2D eigenvalue weighted by atomic mass is 10.1. The Kier molecular flexibility index (Phi) is 6.11. The SMILES string of the molecule is Cc1ccc(CS(=O)(=O)N2CCC(NC(=O)OC(C)(C)C)CC2)cc1. The van der Waals surface area contributed by atoms with Crippen LogP contribution in [0.15, 0.2) is 24.3 Å². The molecule has 1 N–H and O–H groups in total. The predicted molar refractivity (Wildman–Crippen MR) is 97.8 cm³/mol. The van der Waals surface area contributed by atoms with Gasteiger partial charge in [-0.2, -0.15) is 0 Å². The molecule has 1 aromatic carbocycles. The summed E-state index contributed by atoms with van der Waals surface area (Å²) in [7, 11) is -3.34. The van der Waals surface area contributed by atoms with Gasteiger partial charge in [0.15, 0.2) is 0 Å². The van der Waals surface area contributed by atoms with E-state index >= 15 is 0 Å². The fourth-order valence-corrected chi connectivity index (χ4v) is 4.30. The average Bonchev–Trinajstić information content (AvgIpc) is 2.48. The minimum absolute atomic E-state index is 0.0114. The molecule has 1 aromatic rings. The predicted octanol–water partition coefficient (Wildman–Crippen LogP) is 2.81. The second-order valence-electron chi connectivity index (χ2n) is 7.56. The van der Waals surface area contributed by atoms with Crippen LogP contribution in [0.5, 0.6) is 0 Å². The zero-order valence-corrected chi connectivity index (χ0v) is 16.2. The van der Waals surface area contributed by atoms with Gasteiger partial charge < -0.3 is 10.1 Å². The molecule has 140 valence electrons. The maximum Gasteiger partial charge on any atom is 0.407 e. The van der Waals surface area contributed by atoms with E-state index in [-0.39, 0.29) is 11.8 Å². The molecule has 1 aliphatic rings. The third-order valence-corrected chi connectivity index (χ3v) is 5.89. The fourth-order valence-electron chi connectivity index (χ4n) is 2.74. The highest BCUT2D eigenvalue weighted by molar-refractivity contribution is 7.88. The van der Waals surface area contributed by atoms with E-state index in [4.69, 9.17) is 4.74 Å². The van der Waals surface area contributed by atoms with Gasteiger partial charge in [0.25, 0.3) is 0 Å². The van der Waals surface area contributed by atoms with Gasteiger partial charge in [-0.15, -0.1) is 0 Å². The molecule has 0 aromatic heterocycles. The lowest BCUT2D eigenvalue weighted by Crippen LogP contribution is -2.47. The van der Waals surface area contributed by atoms with Crippen LogP contribution in [0.2, 0.25) is 0 Å². The van der Waals surface area contributed by atoms with Gasteiger partial charge in [0.1, 0.15) is 5.60 Å². The first-order chi connectivity index (χ1) is 11.5. The van der Waals surface area contributed by atoms with E-state index in [1.54, 1.807) is 0 Å². The number of carbonyl (C=O) groups excluding carboxylic acids is 1. The zero-order chi connectivity index (χ0) is 18.7. The molecule has 1 aliphatic heterocycles. The number of rotatable bonds is 4. The number of ether oxygens (including phenoxy) is 1. The second kappa shape index (κ2) is 7.74. The summed E-state index contributed by atoms with van der Waals surface area (Å²) in [4.78, 5) is 11.8. The molecule has 1 amide bonds. The fraction of sp³-hybridized carbons (Fsp3) is 0.611. The maximum absolute atomic E-state index is 12.6. The number of amides is 1. The monoisotopic (exact) mass is 368 g/mol. The first-order valence-corrected chi connectivity index (χ1v) is 10.2. The van der Waals surface area contributed by atoms with Crippen molar-refractivity contribution in [3.05, 3.63) is 35.4 Å². The summed E-state index contributed by atoms with van der Waals surface area (Å²) in [6, 6.07) is 7.48. The van der Waals surface area contributed by atoms with Crippen molar-refractivity contribution >= 4 is 16.1 Å². The lowest BCUT2D eigenvalue weighted by Gasteiger charge is -2.32. The molecule has 0 radical (unpaired) electrons. The van der Waals surface area contributed by atoms with Crippen molar-refractivity contribution in [3.8, 4) is 0 Å². The Hall–Kier alpha value is -1.60. The quantitative estimate of drug-likeness (QED) is 0.887. The molecule has 0 bridgehead atoms. The van der Waals surface area contributed by atoms with Crippen molar-refractivity contribution in [2.24, 2.45) is 0 Å². The van der Waals surface area contributed by atoms with Gasteiger partial charge in [-0.1, -0.05) is 29.8 Å². The Morgan fingerprint density at radius 3 is 2.28 bits per heavy atom. The Balaban J connectivity index is 1.86. The number of hydrogen-bond acceptors (Lipinski definition) is 4. The topological polar surface area (TPSA) is 75.7 Å². The number of aryl methyl sites for hydroxylation is 1. The summed E-state index contributed by atoms with van der Waals surface area (Å²) in [5.74, 6) is 0.0114. The normalized spacial score (nSPS) is 17.3. The van der Waals surface area contributed by atoms with Crippen LogP contribution in [0.3, 0.4) is 0 Å². The molecule has 2 rings (SSSR count). The van der Waals surface area contributed by atoms with Crippen LogP contribution >= 0.6 is 0 Å². The van der Waals surface area contributed by atoms with E-state index in [1.165, 1.54) is 4.31 Å². The Morgan fingerprint density at radius 2 is 1.76 bits per heavy atom. The number of nitrogens with zero attached hydrogens (tertiary/aromatic N) is 1. The largest absolute Gasteiger partial charge is 0.444 e. The summed E-state index contributed by atoms with van der Waals surface area (Å²) in [5, 5.41) is 2.82. The van der Waals surface area contributed by atoms with Crippen molar-refractivity contribution in [1.82, 2.24) is 9.62 Å². The van der Waals surface area contributed by atoms with Crippen LogP contribution < -0.4 is 5.32 Å². The third kappa shape index (κ3) is 6.32. The molecule has 0 aliphatic carbocycles. The molecule has 0 spiro atoms. The molecule has 0 saturated carbocycles. The van der Waals surface area contributed by atoms with Crippen molar-refractivity contribution in [2.75, 3.05) is 13.1 Å². The molecule has 0 unspecified atom stereocenters. The highest BCUT2D eigenvalue weighted by Crippen LogP contribution is 2.18. The number of hydrogen-bond donors (Lipinski definition) is 1. The Bertz CT molecular complexity index is 685. The van der Waals surface area contributed by atoms with E-state index < -0.39 is 21.7 Å². The molecule has 1 saturated heterocycles. The van der Waals surface area contributed by atoms with E-state index in [0.717, 1.165) is 11.1 Å². The summed E-state index contributed by atoms with van der Waals surface area (Å²) in [6.07, 6.45) is 0.729. The van der Waals surface area contributed by atoms with Crippen molar-refractivity contribution in [2.45, 2.75) is 57.9 Å². The molecule has 25 heavy (non-hydrogen) atoms. The van der Waals surface area contributed by atoms with Crippen molar-refractivity contribution in [3.63, 3.8) is 0 Å². The molecule has 1 fully saturated rings. The standard InChI is InChI=1S/C18H28N2O4S/c1-14-5-7-15(8-6-14)13-25(22,23)20-11-9-16(10-12-20)19-17(21)24-18(2,3)4/h5-8,16H,9-13H2,1-4H3,(H,19,21). The van der Waals surface area contributed by atoms with E-state index in [2.05, 4.69) is 5.32 Å². The van der Waals surface area contributed by atoms with Gasteiger partial charge in [0, 0.05) is 19.1 Å². The summed E-state index contributed by atoms with van der Waals surface area (Å²) in [6.45, 7) is 8.23. The number of benzene rings is 1. The van der Waals surface area contributed by atoms with E-state index in [1.807, 2.05) is 52.0 Å².